The van der Waals surface area contributed by atoms with Crippen LogP contribution in [-0.2, 0) is 11.3 Å². The van der Waals surface area contributed by atoms with Crippen LogP contribution in [-0.4, -0.2) is 25.4 Å². The minimum atomic E-state index is -0.103. The standard InChI is InChI=1S/C12H17N5O/c1-9-7-14-12(15-9)10(2)16-11(18)3-5-17-6-4-13-8-17/h4,6-8,10H,3,5H2,1-2H3,(H,14,15)(H,16,18). The van der Waals surface area contributed by atoms with Gasteiger partial charge in [-0.2, -0.15) is 0 Å². The van der Waals surface area contributed by atoms with Gasteiger partial charge in [-0.05, 0) is 13.8 Å². The van der Waals surface area contributed by atoms with Crippen LogP contribution in [0.15, 0.2) is 24.9 Å². The molecule has 6 heteroatoms. The first-order chi connectivity index (χ1) is 8.65. The summed E-state index contributed by atoms with van der Waals surface area (Å²) in [4.78, 5) is 23.0. The fourth-order valence-corrected chi connectivity index (χ4v) is 1.68. The second-order valence-electron chi connectivity index (χ2n) is 4.29. The molecule has 1 amide bonds. The number of imidazole rings is 2. The van der Waals surface area contributed by atoms with Gasteiger partial charge in [-0.3, -0.25) is 4.79 Å². The summed E-state index contributed by atoms with van der Waals surface area (Å²) in [6.07, 6.45) is 7.43. The fourth-order valence-electron chi connectivity index (χ4n) is 1.68. The number of amides is 1. The average molecular weight is 247 g/mol. The molecule has 2 aromatic heterocycles. The number of aryl methyl sites for hydroxylation is 2. The van der Waals surface area contributed by atoms with Crippen LogP contribution in [0.25, 0.3) is 0 Å². The molecular weight excluding hydrogens is 230 g/mol. The summed E-state index contributed by atoms with van der Waals surface area (Å²) >= 11 is 0. The molecule has 0 aliphatic carbocycles. The van der Waals surface area contributed by atoms with Gasteiger partial charge < -0.3 is 14.9 Å². The zero-order valence-electron chi connectivity index (χ0n) is 10.6. The lowest BCUT2D eigenvalue weighted by atomic mass is 10.3. The highest BCUT2D eigenvalue weighted by molar-refractivity contribution is 5.76. The highest BCUT2D eigenvalue weighted by Gasteiger charge is 2.11. The van der Waals surface area contributed by atoms with Gasteiger partial charge in [0.05, 0.1) is 12.4 Å². The van der Waals surface area contributed by atoms with E-state index in [0.717, 1.165) is 11.5 Å². The fraction of sp³-hybridized carbons (Fsp3) is 0.417. The number of hydrogen-bond acceptors (Lipinski definition) is 3. The Bertz CT molecular complexity index is 502. The van der Waals surface area contributed by atoms with E-state index in [0.29, 0.717) is 13.0 Å². The summed E-state index contributed by atoms with van der Waals surface area (Å²) in [5.74, 6) is 0.786. The smallest absolute Gasteiger partial charge is 0.222 e. The Morgan fingerprint density at radius 2 is 2.44 bits per heavy atom. The summed E-state index contributed by atoms with van der Waals surface area (Å²) in [5, 5.41) is 2.91. The molecule has 1 atom stereocenters. The van der Waals surface area contributed by atoms with Gasteiger partial charge in [0.15, 0.2) is 0 Å². The van der Waals surface area contributed by atoms with Crippen molar-refractivity contribution in [2.75, 3.05) is 0 Å². The topological polar surface area (TPSA) is 75.6 Å². The van der Waals surface area contributed by atoms with Crippen molar-refractivity contribution in [3.05, 3.63) is 36.4 Å². The van der Waals surface area contributed by atoms with Crippen LogP contribution in [0.1, 0.15) is 30.9 Å². The minimum Gasteiger partial charge on any atom is -0.346 e. The molecule has 0 spiro atoms. The number of nitrogens with one attached hydrogen (secondary N) is 2. The van der Waals surface area contributed by atoms with E-state index in [4.69, 9.17) is 0 Å². The Hall–Kier alpha value is -2.11. The maximum absolute atomic E-state index is 11.7. The molecule has 0 bridgehead atoms. The summed E-state index contributed by atoms with van der Waals surface area (Å²) in [6.45, 7) is 4.48. The zero-order chi connectivity index (χ0) is 13.0. The molecule has 0 fully saturated rings. The van der Waals surface area contributed by atoms with Crippen LogP contribution in [0.4, 0.5) is 0 Å². The van der Waals surface area contributed by atoms with Crippen molar-refractivity contribution in [2.45, 2.75) is 32.9 Å². The lowest BCUT2D eigenvalue weighted by Crippen LogP contribution is -2.28. The second-order valence-corrected chi connectivity index (χ2v) is 4.29. The van der Waals surface area contributed by atoms with E-state index in [1.165, 1.54) is 0 Å². The summed E-state index contributed by atoms with van der Waals surface area (Å²) < 4.78 is 1.88. The number of carbonyl (C=O) groups is 1. The molecule has 2 rings (SSSR count). The van der Waals surface area contributed by atoms with Crippen LogP contribution >= 0.6 is 0 Å². The molecule has 2 heterocycles. The maximum atomic E-state index is 11.7. The molecule has 18 heavy (non-hydrogen) atoms. The van der Waals surface area contributed by atoms with Gasteiger partial charge in [0, 0.05) is 37.3 Å². The molecular formula is C12H17N5O. The lowest BCUT2D eigenvalue weighted by molar-refractivity contribution is -0.122. The first-order valence-electron chi connectivity index (χ1n) is 5.92. The first-order valence-corrected chi connectivity index (χ1v) is 5.92. The number of aromatic nitrogens is 4. The van der Waals surface area contributed by atoms with E-state index in [1.807, 2.05) is 24.6 Å². The third-order valence-corrected chi connectivity index (χ3v) is 2.67. The Labute approximate surface area is 105 Å². The molecule has 2 aromatic rings. The Kier molecular flexibility index (Phi) is 3.76. The Balaban J connectivity index is 1.80. The van der Waals surface area contributed by atoms with Gasteiger partial charge in [-0.1, -0.05) is 0 Å². The third-order valence-electron chi connectivity index (χ3n) is 2.67. The van der Waals surface area contributed by atoms with Gasteiger partial charge in [0.2, 0.25) is 5.91 Å². The largest absolute Gasteiger partial charge is 0.346 e. The third kappa shape index (κ3) is 3.19. The van der Waals surface area contributed by atoms with E-state index in [2.05, 4.69) is 20.3 Å². The molecule has 0 aromatic carbocycles. The Morgan fingerprint density at radius 3 is 3.06 bits per heavy atom. The van der Waals surface area contributed by atoms with Gasteiger partial charge >= 0.3 is 0 Å². The number of hydrogen-bond donors (Lipinski definition) is 2. The van der Waals surface area contributed by atoms with Crippen LogP contribution < -0.4 is 5.32 Å². The molecule has 1 unspecified atom stereocenters. The molecule has 6 nitrogen and oxygen atoms in total. The molecule has 2 N–H and O–H groups in total. The minimum absolute atomic E-state index is 0.00486. The molecule has 96 valence electrons. The van der Waals surface area contributed by atoms with Crippen molar-refractivity contribution in [2.24, 2.45) is 0 Å². The van der Waals surface area contributed by atoms with Crippen LogP contribution in [0, 0.1) is 6.92 Å². The van der Waals surface area contributed by atoms with Crippen molar-refractivity contribution in [3.8, 4) is 0 Å². The summed E-state index contributed by atoms with van der Waals surface area (Å²) in [7, 11) is 0. The van der Waals surface area contributed by atoms with E-state index < -0.39 is 0 Å². The molecule has 0 aliphatic heterocycles. The van der Waals surface area contributed by atoms with E-state index in [-0.39, 0.29) is 11.9 Å². The number of nitrogens with zero attached hydrogens (tertiary/aromatic N) is 3. The number of carbonyl (C=O) groups excluding carboxylic acids is 1. The van der Waals surface area contributed by atoms with Crippen LogP contribution in [0.5, 0.6) is 0 Å². The number of aromatic amines is 1. The van der Waals surface area contributed by atoms with Gasteiger partial charge in [0.1, 0.15) is 5.82 Å². The predicted octanol–water partition coefficient (Wildman–Crippen LogP) is 1.18. The van der Waals surface area contributed by atoms with Crippen LogP contribution in [0.2, 0.25) is 0 Å². The van der Waals surface area contributed by atoms with Crippen molar-refractivity contribution in [3.63, 3.8) is 0 Å². The zero-order valence-corrected chi connectivity index (χ0v) is 10.6. The highest BCUT2D eigenvalue weighted by Crippen LogP contribution is 2.07. The molecule has 0 saturated carbocycles. The van der Waals surface area contributed by atoms with Crippen molar-refractivity contribution in [1.29, 1.82) is 0 Å². The summed E-state index contributed by atoms with van der Waals surface area (Å²) in [5.41, 5.74) is 0.990. The van der Waals surface area contributed by atoms with E-state index in [9.17, 15) is 4.79 Å². The molecule has 0 aliphatic rings. The van der Waals surface area contributed by atoms with Crippen LogP contribution in [0.3, 0.4) is 0 Å². The van der Waals surface area contributed by atoms with E-state index >= 15 is 0 Å². The monoisotopic (exact) mass is 247 g/mol. The van der Waals surface area contributed by atoms with Gasteiger partial charge in [0.25, 0.3) is 0 Å². The summed E-state index contributed by atoms with van der Waals surface area (Å²) in [6, 6.07) is -0.103. The van der Waals surface area contributed by atoms with Crippen molar-refractivity contribution < 1.29 is 4.79 Å². The van der Waals surface area contributed by atoms with Crippen molar-refractivity contribution in [1.82, 2.24) is 24.8 Å². The van der Waals surface area contributed by atoms with Crippen molar-refractivity contribution >= 4 is 5.91 Å². The second kappa shape index (κ2) is 5.48. The average Bonchev–Trinajstić information content (AvgIpc) is 2.97. The highest BCUT2D eigenvalue weighted by atomic mass is 16.1. The normalized spacial score (nSPS) is 12.3. The van der Waals surface area contributed by atoms with Gasteiger partial charge in [-0.15, -0.1) is 0 Å². The molecule has 0 saturated heterocycles. The predicted molar refractivity (Wildman–Crippen MR) is 66.7 cm³/mol. The first kappa shape index (κ1) is 12.3. The maximum Gasteiger partial charge on any atom is 0.222 e. The van der Waals surface area contributed by atoms with Gasteiger partial charge in [-0.25, -0.2) is 9.97 Å². The molecule has 0 radical (unpaired) electrons. The SMILES string of the molecule is Cc1cnc(C(C)NC(=O)CCn2ccnc2)[nH]1. The number of H-pyrrole nitrogens is 1. The lowest BCUT2D eigenvalue weighted by Gasteiger charge is -2.11. The Morgan fingerprint density at radius 1 is 1.61 bits per heavy atom. The quantitative estimate of drug-likeness (QED) is 0.833. The number of rotatable bonds is 5. The van der Waals surface area contributed by atoms with E-state index in [1.54, 1.807) is 18.7 Å².